The predicted octanol–water partition coefficient (Wildman–Crippen LogP) is 7.76. The first kappa shape index (κ1) is 20.4. The number of nitrogens with zero attached hydrogens (tertiary/aromatic N) is 1. The maximum Gasteiger partial charge on any atom is 0.0465 e. The first-order valence-electron chi connectivity index (χ1n) is 10.3. The molecule has 1 unspecified atom stereocenters. The summed E-state index contributed by atoms with van der Waals surface area (Å²) in [5, 5.41) is 0. The van der Waals surface area contributed by atoms with Crippen molar-refractivity contribution < 1.29 is 0 Å². The maximum atomic E-state index is 4.04. The lowest BCUT2D eigenvalue weighted by Gasteiger charge is -2.28. The second-order valence-electron chi connectivity index (χ2n) is 8.14. The molecule has 1 aliphatic carbocycles. The first-order valence-corrected chi connectivity index (χ1v) is 11.1. The van der Waals surface area contributed by atoms with Crippen molar-refractivity contribution in [3.8, 4) is 11.1 Å². The highest BCUT2D eigenvalue weighted by atomic mass is 31.0. The van der Waals surface area contributed by atoms with E-state index in [2.05, 4.69) is 102 Å². The number of allylic oxidation sites excluding steroid dienone is 3. The number of anilines is 2. The van der Waals surface area contributed by atoms with E-state index in [9.17, 15) is 0 Å². The highest BCUT2D eigenvalue weighted by molar-refractivity contribution is 7.15. The minimum Gasteiger partial charge on any atom is -0.311 e. The smallest absolute Gasteiger partial charge is 0.0465 e. The quantitative estimate of drug-likeness (QED) is 0.297. The number of fused-ring (bicyclic) bond motifs is 3. The van der Waals surface area contributed by atoms with Gasteiger partial charge in [-0.2, -0.15) is 0 Å². The molecule has 0 aromatic heterocycles. The van der Waals surface area contributed by atoms with Gasteiger partial charge in [-0.3, -0.25) is 0 Å². The molecule has 1 atom stereocenters. The van der Waals surface area contributed by atoms with Gasteiger partial charge < -0.3 is 4.90 Å². The summed E-state index contributed by atoms with van der Waals surface area (Å²) >= 11 is 0. The molecule has 0 saturated heterocycles. The monoisotopic (exact) mass is 409 g/mol. The molecule has 3 aromatic carbocycles. The molecule has 0 spiro atoms. The summed E-state index contributed by atoms with van der Waals surface area (Å²) in [4.78, 5) is 2.24. The van der Waals surface area contributed by atoms with Crippen LogP contribution in [0.4, 0.5) is 11.4 Å². The summed E-state index contributed by atoms with van der Waals surface area (Å²) < 4.78 is 0. The van der Waals surface area contributed by atoms with Gasteiger partial charge in [0.2, 0.25) is 0 Å². The fraction of sp³-hybridized carbons (Fsp3) is 0.143. The number of hydrogen-bond donors (Lipinski definition) is 0. The molecule has 0 amide bonds. The highest BCUT2D eigenvalue weighted by Gasteiger charge is 2.36. The normalized spacial score (nSPS) is 14.0. The molecule has 0 bridgehead atoms. The van der Waals surface area contributed by atoms with Gasteiger partial charge in [0.05, 0.1) is 0 Å². The molecule has 0 heterocycles. The Morgan fingerprint density at radius 3 is 2.20 bits per heavy atom. The molecule has 0 fully saturated rings. The van der Waals surface area contributed by atoms with Gasteiger partial charge in [0.1, 0.15) is 0 Å². The lowest BCUT2D eigenvalue weighted by molar-refractivity contribution is 0.659. The molecule has 0 N–H and O–H groups in total. The Bertz CT molecular complexity index is 1140. The van der Waals surface area contributed by atoms with Crippen molar-refractivity contribution in [3.63, 3.8) is 0 Å². The van der Waals surface area contributed by atoms with E-state index in [1.165, 1.54) is 27.8 Å². The average molecular weight is 410 g/mol. The number of rotatable bonds is 6. The number of benzene rings is 3. The van der Waals surface area contributed by atoms with E-state index in [-0.39, 0.29) is 5.41 Å². The minimum atomic E-state index is -0.0463. The van der Waals surface area contributed by atoms with Crippen molar-refractivity contribution in [1.29, 1.82) is 0 Å². The van der Waals surface area contributed by atoms with Gasteiger partial charge in [-0.05, 0) is 70.4 Å². The van der Waals surface area contributed by atoms with Crippen molar-refractivity contribution in [2.24, 2.45) is 0 Å². The third kappa shape index (κ3) is 3.34. The minimum absolute atomic E-state index is 0.0463. The van der Waals surface area contributed by atoms with Crippen LogP contribution in [0.5, 0.6) is 0 Å². The summed E-state index contributed by atoms with van der Waals surface area (Å²) in [6.45, 7) is 12.6. The second kappa shape index (κ2) is 8.09. The lowest BCUT2D eigenvalue weighted by Crippen LogP contribution is -2.18. The van der Waals surface area contributed by atoms with Crippen molar-refractivity contribution in [2.75, 3.05) is 4.90 Å². The van der Waals surface area contributed by atoms with Gasteiger partial charge in [0.15, 0.2) is 0 Å². The molecule has 0 saturated carbocycles. The van der Waals surface area contributed by atoms with Gasteiger partial charge in [0, 0.05) is 22.5 Å². The fourth-order valence-electron chi connectivity index (χ4n) is 4.42. The van der Waals surface area contributed by atoms with E-state index in [0.717, 1.165) is 23.2 Å². The zero-order chi connectivity index (χ0) is 21.3. The zero-order valence-corrected chi connectivity index (χ0v) is 18.9. The third-order valence-electron chi connectivity index (χ3n) is 5.99. The SMILES string of the molecule is C=C/C=C(\C=C)N(c1ccccc1)c1ccc2c(c1)C(C)(C)c1cc(CP)ccc1-2. The van der Waals surface area contributed by atoms with Gasteiger partial charge in [-0.25, -0.2) is 0 Å². The fourth-order valence-corrected chi connectivity index (χ4v) is 4.67. The standard InChI is InChI=1S/C28H28NP/c1-5-10-21(6-2)29(22-11-8-7-9-12-22)23-14-16-25-24-15-13-20(19-30)17-26(24)28(3,4)27(25)18-23/h5-18H,1-2,19,30H2,3-4H3/b21-10+. The molecule has 3 aromatic rings. The first-order chi connectivity index (χ1) is 14.5. The summed E-state index contributed by atoms with van der Waals surface area (Å²) in [6.07, 6.45) is 6.66. The summed E-state index contributed by atoms with van der Waals surface area (Å²) in [5.74, 6) is 0. The third-order valence-corrected chi connectivity index (χ3v) is 6.46. The molecule has 4 rings (SSSR count). The van der Waals surface area contributed by atoms with Gasteiger partial charge >= 0.3 is 0 Å². The van der Waals surface area contributed by atoms with Crippen LogP contribution in [0.2, 0.25) is 0 Å². The molecule has 30 heavy (non-hydrogen) atoms. The Kier molecular flexibility index (Phi) is 5.50. The van der Waals surface area contributed by atoms with Crippen LogP contribution in [-0.2, 0) is 11.6 Å². The Balaban J connectivity index is 1.89. The Morgan fingerprint density at radius 2 is 1.57 bits per heavy atom. The lowest BCUT2D eigenvalue weighted by atomic mass is 9.82. The Hall–Kier alpha value is -2.89. The van der Waals surface area contributed by atoms with Crippen LogP contribution in [0, 0.1) is 0 Å². The van der Waals surface area contributed by atoms with E-state index in [0.29, 0.717) is 0 Å². The molecule has 0 aliphatic heterocycles. The van der Waals surface area contributed by atoms with Crippen molar-refractivity contribution in [2.45, 2.75) is 25.4 Å². The largest absolute Gasteiger partial charge is 0.311 e. The summed E-state index contributed by atoms with van der Waals surface area (Å²) in [5.41, 5.74) is 9.98. The highest BCUT2D eigenvalue weighted by Crippen LogP contribution is 2.50. The van der Waals surface area contributed by atoms with Crippen LogP contribution < -0.4 is 4.90 Å². The molecule has 1 nitrogen and oxygen atoms in total. The van der Waals surface area contributed by atoms with Crippen LogP contribution in [0.1, 0.15) is 30.5 Å². The second-order valence-corrected chi connectivity index (χ2v) is 8.55. The van der Waals surface area contributed by atoms with Crippen molar-refractivity contribution in [1.82, 2.24) is 0 Å². The van der Waals surface area contributed by atoms with E-state index in [4.69, 9.17) is 0 Å². The van der Waals surface area contributed by atoms with E-state index in [1.807, 2.05) is 24.3 Å². The van der Waals surface area contributed by atoms with Crippen molar-refractivity contribution >= 4 is 20.6 Å². The Labute approximate surface area is 182 Å². The molecular weight excluding hydrogens is 381 g/mol. The van der Waals surface area contributed by atoms with Crippen molar-refractivity contribution in [3.05, 3.63) is 121 Å². The zero-order valence-electron chi connectivity index (χ0n) is 17.7. The summed E-state index contributed by atoms with van der Waals surface area (Å²) in [7, 11) is 2.83. The van der Waals surface area contributed by atoms with E-state index >= 15 is 0 Å². The van der Waals surface area contributed by atoms with Crippen LogP contribution in [0.15, 0.2) is 104 Å². The topological polar surface area (TPSA) is 3.24 Å². The predicted molar refractivity (Wildman–Crippen MR) is 134 cm³/mol. The van der Waals surface area contributed by atoms with E-state index in [1.54, 1.807) is 0 Å². The number of para-hydroxylation sites is 1. The Morgan fingerprint density at radius 1 is 0.900 bits per heavy atom. The molecular formula is C28H28NP. The molecule has 0 radical (unpaired) electrons. The summed E-state index contributed by atoms with van der Waals surface area (Å²) in [6, 6.07) is 24.1. The molecule has 150 valence electrons. The molecule has 1 aliphatic rings. The molecule has 2 heteroatoms. The van der Waals surface area contributed by atoms with Crippen LogP contribution >= 0.6 is 9.24 Å². The van der Waals surface area contributed by atoms with E-state index < -0.39 is 0 Å². The van der Waals surface area contributed by atoms with Crippen LogP contribution in [-0.4, -0.2) is 0 Å². The van der Waals surface area contributed by atoms with Crippen LogP contribution in [0.25, 0.3) is 11.1 Å². The van der Waals surface area contributed by atoms with Gasteiger partial charge in [-0.15, -0.1) is 9.24 Å². The van der Waals surface area contributed by atoms with Crippen LogP contribution in [0.3, 0.4) is 0 Å². The van der Waals surface area contributed by atoms with Gasteiger partial charge in [0.25, 0.3) is 0 Å². The van der Waals surface area contributed by atoms with Gasteiger partial charge in [-0.1, -0.05) is 75.5 Å². The maximum absolute atomic E-state index is 4.04. The number of hydrogen-bond acceptors (Lipinski definition) is 1. The average Bonchev–Trinajstić information content (AvgIpc) is 3.00.